The smallest absolute Gasteiger partial charge is 0.255 e. The van der Waals surface area contributed by atoms with Gasteiger partial charge in [0.25, 0.3) is 5.91 Å². The maximum absolute atomic E-state index is 12.6. The van der Waals surface area contributed by atoms with Gasteiger partial charge in [-0.2, -0.15) is 0 Å². The van der Waals surface area contributed by atoms with Crippen LogP contribution in [0.2, 0.25) is 5.02 Å². The number of benzene rings is 2. The third-order valence-corrected chi connectivity index (χ3v) is 4.42. The summed E-state index contributed by atoms with van der Waals surface area (Å²) in [6.07, 6.45) is 0. The van der Waals surface area contributed by atoms with E-state index in [1.807, 2.05) is 31.2 Å². The van der Waals surface area contributed by atoms with Gasteiger partial charge in [-0.25, -0.2) is 0 Å². The molecule has 1 unspecified atom stereocenters. The predicted molar refractivity (Wildman–Crippen MR) is 90.5 cm³/mol. The summed E-state index contributed by atoms with van der Waals surface area (Å²) >= 11 is 9.29. The number of carbonyl (C=O) groups excluding carboxylic acids is 1. The third-order valence-electron chi connectivity index (χ3n) is 3.47. The normalized spacial score (nSPS) is 12.0. The molecule has 0 aliphatic heterocycles. The van der Waals surface area contributed by atoms with Crippen molar-refractivity contribution < 1.29 is 4.79 Å². The van der Waals surface area contributed by atoms with Crippen LogP contribution >= 0.6 is 27.5 Å². The average Bonchev–Trinajstić information content (AvgIpc) is 2.48. The molecule has 110 valence electrons. The van der Waals surface area contributed by atoms with E-state index in [0.29, 0.717) is 16.3 Å². The van der Waals surface area contributed by atoms with Crippen molar-refractivity contribution in [1.82, 2.24) is 4.90 Å². The molecule has 0 bridgehead atoms. The summed E-state index contributed by atoms with van der Waals surface area (Å²) in [6, 6.07) is 12.6. The maximum Gasteiger partial charge on any atom is 0.255 e. The van der Waals surface area contributed by atoms with E-state index in [-0.39, 0.29) is 11.9 Å². The number of hydrogen-bond donors (Lipinski definition) is 1. The zero-order valence-corrected chi connectivity index (χ0v) is 14.1. The topological polar surface area (TPSA) is 46.3 Å². The van der Waals surface area contributed by atoms with Crippen molar-refractivity contribution >= 4 is 39.1 Å². The number of nitrogens with two attached hydrogens (primary N) is 1. The van der Waals surface area contributed by atoms with Gasteiger partial charge >= 0.3 is 0 Å². The number of anilines is 1. The second kappa shape index (κ2) is 6.50. The minimum atomic E-state index is -0.0865. The first-order valence-corrected chi connectivity index (χ1v) is 7.65. The fourth-order valence-corrected chi connectivity index (χ4v) is 2.58. The van der Waals surface area contributed by atoms with Gasteiger partial charge in [0.2, 0.25) is 0 Å². The summed E-state index contributed by atoms with van der Waals surface area (Å²) in [4.78, 5) is 14.3. The second-order valence-electron chi connectivity index (χ2n) is 4.88. The zero-order chi connectivity index (χ0) is 15.6. The van der Waals surface area contributed by atoms with Crippen molar-refractivity contribution in [3.8, 4) is 0 Å². The first-order chi connectivity index (χ1) is 9.90. The summed E-state index contributed by atoms with van der Waals surface area (Å²) in [6.45, 7) is 1.97. The van der Waals surface area contributed by atoms with E-state index >= 15 is 0 Å². The van der Waals surface area contributed by atoms with E-state index in [9.17, 15) is 4.79 Å². The van der Waals surface area contributed by atoms with Crippen LogP contribution in [-0.2, 0) is 0 Å². The third kappa shape index (κ3) is 3.57. The molecule has 21 heavy (non-hydrogen) atoms. The lowest BCUT2D eigenvalue weighted by atomic mass is 10.1. The molecule has 0 aliphatic carbocycles. The lowest BCUT2D eigenvalue weighted by molar-refractivity contribution is 0.0742. The van der Waals surface area contributed by atoms with E-state index in [4.69, 9.17) is 17.3 Å². The number of amides is 1. The fourth-order valence-electron chi connectivity index (χ4n) is 2.04. The number of carbonyl (C=O) groups is 1. The van der Waals surface area contributed by atoms with Crippen molar-refractivity contribution in [2.45, 2.75) is 13.0 Å². The molecule has 5 heteroatoms. The molecule has 0 saturated carbocycles. The molecule has 0 heterocycles. The summed E-state index contributed by atoms with van der Waals surface area (Å²) in [5.74, 6) is -0.0865. The quantitative estimate of drug-likeness (QED) is 0.811. The summed E-state index contributed by atoms with van der Waals surface area (Å²) in [5.41, 5.74) is 7.90. The predicted octanol–water partition coefficient (Wildman–Crippen LogP) is 4.52. The van der Waals surface area contributed by atoms with Gasteiger partial charge in [0.1, 0.15) is 0 Å². The number of rotatable bonds is 3. The van der Waals surface area contributed by atoms with Gasteiger partial charge in [-0.05, 0) is 58.7 Å². The second-order valence-corrected chi connectivity index (χ2v) is 6.17. The highest BCUT2D eigenvalue weighted by Gasteiger charge is 2.20. The highest BCUT2D eigenvalue weighted by Crippen LogP contribution is 2.26. The van der Waals surface area contributed by atoms with Crippen molar-refractivity contribution in [3.63, 3.8) is 0 Å². The Balaban J connectivity index is 2.26. The molecule has 1 atom stereocenters. The van der Waals surface area contributed by atoms with Crippen molar-refractivity contribution in [3.05, 3.63) is 63.1 Å². The number of nitrogen functional groups attached to an aromatic ring is 1. The average molecular weight is 368 g/mol. The van der Waals surface area contributed by atoms with Crippen LogP contribution in [0.1, 0.15) is 28.9 Å². The molecule has 0 aromatic heterocycles. The van der Waals surface area contributed by atoms with Crippen LogP contribution < -0.4 is 5.73 Å². The van der Waals surface area contributed by atoms with Crippen LogP contribution in [0, 0.1) is 0 Å². The highest BCUT2D eigenvalue weighted by atomic mass is 79.9. The molecular formula is C16H16BrClN2O. The van der Waals surface area contributed by atoms with E-state index in [2.05, 4.69) is 15.9 Å². The van der Waals surface area contributed by atoms with Crippen LogP contribution in [0.5, 0.6) is 0 Å². The van der Waals surface area contributed by atoms with Gasteiger partial charge in [-0.1, -0.05) is 23.7 Å². The van der Waals surface area contributed by atoms with E-state index in [0.717, 1.165) is 10.0 Å². The molecule has 3 nitrogen and oxygen atoms in total. The molecule has 2 aromatic carbocycles. The van der Waals surface area contributed by atoms with E-state index in [1.165, 1.54) is 0 Å². The first kappa shape index (κ1) is 15.9. The summed E-state index contributed by atoms with van der Waals surface area (Å²) in [7, 11) is 1.78. The van der Waals surface area contributed by atoms with Gasteiger partial charge in [-0.3, -0.25) is 4.79 Å². The Morgan fingerprint density at radius 1 is 1.24 bits per heavy atom. The lowest BCUT2D eigenvalue weighted by Crippen LogP contribution is -2.30. The molecule has 0 radical (unpaired) electrons. The van der Waals surface area contributed by atoms with Gasteiger partial charge < -0.3 is 10.6 Å². The molecule has 1 amide bonds. The van der Waals surface area contributed by atoms with Gasteiger partial charge in [0, 0.05) is 22.2 Å². The van der Waals surface area contributed by atoms with Gasteiger partial charge in [0.05, 0.1) is 11.6 Å². The Labute approximate surface area is 137 Å². The standard InChI is InChI=1S/C16H16BrClN2O/c1-10(11-3-5-12(18)6-4-11)20(2)16(21)14-9-13(19)7-8-15(14)17/h3-10H,19H2,1-2H3. The molecule has 0 fully saturated rings. The minimum Gasteiger partial charge on any atom is -0.399 e. The largest absolute Gasteiger partial charge is 0.399 e. The van der Waals surface area contributed by atoms with Crippen LogP contribution in [-0.4, -0.2) is 17.9 Å². The molecule has 2 aromatic rings. The lowest BCUT2D eigenvalue weighted by Gasteiger charge is -2.26. The highest BCUT2D eigenvalue weighted by molar-refractivity contribution is 9.10. The Bertz CT molecular complexity index is 658. The molecule has 2 N–H and O–H groups in total. The Kier molecular flexibility index (Phi) is 4.91. The molecule has 0 spiro atoms. The van der Waals surface area contributed by atoms with Crippen LogP contribution in [0.15, 0.2) is 46.9 Å². The summed E-state index contributed by atoms with van der Waals surface area (Å²) in [5, 5.41) is 0.679. The fraction of sp³-hybridized carbons (Fsp3) is 0.188. The van der Waals surface area contributed by atoms with Crippen LogP contribution in [0.3, 0.4) is 0 Å². The SMILES string of the molecule is CC(c1ccc(Cl)cc1)N(C)C(=O)c1cc(N)ccc1Br. The maximum atomic E-state index is 12.6. The Morgan fingerprint density at radius 3 is 2.48 bits per heavy atom. The Morgan fingerprint density at radius 2 is 1.86 bits per heavy atom. The van der Waals surface area contributed by atoms with Crippen molar-refractivity contribution in [2.75, 3.05) is 12.8 Å². The van der Waals surface area contributed by atoms with Crippen molar-refractivity contribution in [1.29, 1.82) is 0 Å². The van der Waals surface area contributed by atoms with E-state index in [1.54, 1.807) is 30.1 Å². The zero-order valence-electron chi connectivity index (χ0n) is 11.8. The monoisotopic (exact) mass is 366 g/mol. The van der Waals surface area contributed by atoms with Crippen LogP contribution in [0.25, 0.3) is 0 Å². The molecular weight excluding hydrogens is 352 g/mol. The first-order valence-electron chi connectivity index (χ1n) is 6.48. The van der Waals surface area contributed by atoms with E-state index < -0.39 is 0 Å². The number of halogens is 2. The molecule has 0 aliphatic rings. The Hall–Kier alpha value is -1.52. The van der Waals surface area contributed by atoms with Gasteiger partial charge in [0.15, 0.2) is 0 Å². The number of nitrogens with zero attached hydrogens (tertiary/aromatic N) is 1. The van der Waals surface area contributed by atoms with Crippen LogP contribution in [0.4, 0.5) is 5.69 Å². The summed E-state index contributed by atoms with van der Waals surface area (Å²) < 4.78 is 0.733. The molecule has 0 saturated heterocycles. The minimum absolute atomic E-state index is 0.0666. The van der Waals surface area contributed by atoms with Gasteiger partial charge in [-0.15, -0.1) is 0 Å². The molecule has 2 rings (SSSR count). The number of hydrogen-bond acceptors (Lipinski definition) is 2. The van der Waals surface area contributed by atoms with Crippen molar-refractivity contribution in [2.24, 2.45) is 0 Å².